The molecule has 0 saturated heterocycles. The molecular formula is C17H15N3S. The van der Waals surface area contributed by atoms with Crippen LogP contribution in [0.25, 0.3) is 11.3 Å². The number of benzene rings is 1. The van der Waals surface area contributed by atoms with E-state index in [-0.39, 0.29) is 0 Å². The van der Waals surface area contributed by atoms with Gasteiger partial charge in [-0.15, -0.1) is 11.8 Å². The summed E-state index contributed by atoms with van der Waals surface area (Å²) in [5, 5.41) is 18.5. The van der Waals surface area contributed by atoms with Gasteiger partial charge in [-0.25, -0.2) is 4.98 Å². The summed E-state index contributed by atoms with van der Waals surface area (Å²) in [6.07, 6.45) is 1.34. The Morgan fingerprint density at radius 3 is 2.52 bits per heavy atom. The second-order valence-corrected chi connectivity index (χ2v) is 5.72. The number of aryl methyl sites for hydroxylation is 1. The molecule has 1 aromatic heterocycles. The maximum absolute atomic E-state index is 9.16. The molecule has 0 bridgehead atoms. The number of rotatable bonds is 5. The Kier molecular flexibility index (Phi) is 5.37. The topological polar surface area (TPSA) is 60.5 Å². The van der Waals surface area contributed by atoms with Gasteiger partial charge in [0, 0.05) is 17.7 Å². The Morgan fingerprint density at radius 2 is 1.86 bits per heavy atom. The number of hydrogen-bond donors (Lipinski definition) is 0. The maximum Gasteiger partial charge on any atom is 0.115 e. The second kappa shape index (κ2) is 7.47. The van der Waals surface area contributed by atoms with Crippen LogP contribution < -0.4 is 0 Å². The number of nitriles is 2. The summed E-state index contributed by atoms with van der Waals surface area (Å²) in [5.74, 6) is 0.798. The van der Waals surface area contributed by atoms with E-state index >= 15 is 0 Å². The molecule has 3 nitrogen and oxygen atoms in total. The predicted molar refractivity (Wildman–Crippen MR) is 84.7 cm³/mol. The summed E-state index contributed by atoms with van der Waals surface area (Å²) in [4.78, 5) is 4.60. The van der Waals surface area contributed by atoms with Gasteiger partial charge in [0.15, 0.2) is 0 Å². The van der Waals surface area contributed by atoms with Gasteiger partial charge in [0.2, 0.25) is 0 Å². The Bertz CT molecular complexity index is 693. The smallest absolute Gasteiger partial charge is 0.115 e. The van der Waals surface area contributed by atoms with E-state index in [4.69, 9.17) is 10.5 Å². The van der Waals surface area contributed by atoms with Crippen LogP contribution in [0.3, 0.4) is 0 Å². The highest BCUT2D eigenvalue weighted by Crippen LogP contribution is 2.26. The van der Waals surface area contributed by atoms with Crippen LogP contribution in [0.15, 0.2) is 41.4 Å². The maximum atomic E-state index is 9.16. The van der Waals surface area contributed by atoms with E-state index in [1.165, 1.54) is 17.3 Å². The molecule has 21 heavy (non-hydrogen) atoms. The molecule has 0 radical (unpaired) electrons. The zero-order valence-electron chi connectivity index (χ0n) is 11.8. The molecule has 0 amide bonds. The molecule has 0 aliphatic carbocycles. The van der Waals surface area contributed by atoms with Crippen molar-refractivity contribution in [2.75, 3.05) is 5.75 Å². The minimum Gasteiger partial charge on any atom is -0.240 e. The fourth-order valence-electron chi connectivity index (χ4n) is 1.84. The zero-order valence-corrected chi connectivity index (χ0v) is 12.7. The molecule has 104 valence electrons. The van der Waals surface area contributed by atoms with Crippen LogP contribution in [0.2, 0.25) is 0 Å². The van der Waals surface area contributed by atoms with Gasteiger partial charge in [-0.05, 0) is 25.5 Å². The minimum absolute atomic E-state index is 0.534. The first-order chi connectivity index (χ1) is 10.2. The molecule has 0 aliphatic rings. The fraction of sp³-hybridized carbons (Fsp3) is 0.235. The Hall–Kier alpha value is -2.30. The van der Waals surface area contributed by atoms with Crippen LogP contribution in [-0.2, 0) is 0 Å². The summed E-state index contributed by atoms with van der Waals surface area (Å²) in [7, 11) is 0. The highest BCUT2D eigenvalue weighted by Gasteiger charge is 2.07. The molecule has 0 atom stereocenters. The van der Waals surface area contributed by atoms with E-state index in [2.05, 4.69) is 29.3 Å². The first-order valence-electron chi connectivity index (χ1n) is 6.72. The average Bonchev–Trinajstić information content (AvgIpc) is 2.52. The molecule has 0 unspecified atom stereocenters. The van der Waals surface area contributed by atoms with E-state index in [9.17, 15) is 0 Å². The van der Waals surface area contributed by atoms with Crippen molar-refractivity contribution in [3.8, 4) is 23.4 Å². The quantitative estimate of drug-likeness (QED) is 0.608. The number of unbranched alkanes of at least 4 members (excludes halogenated alkanes) is 1. The minimum atomic E-state index is 0.534. The third kappa shape index (κ3) is 4.08. The van der Waals surface area contributed by atoms with Crippen molar-refractivity contribution >= 4 is 11.8 Å². The lowest BCUT2D eigenvalue weighted by Gasteiger charge is -2.06. The van der Waals surface area contributed by atoms with Crippen molar-refractivity contribution < 1.29 is 0 Å². The van der Waals surface area contributed by atoms with Crippen molar-refractivity contribution in [1.29, 1.82) is 10.5 Å². The van der Waals surface area contributed by atoms with Gasteiger partial charge >= 0.3 is 0 Å². The van der Waals surface area contributed by atoms with Gasteiger partial charge < -0.3 is 0 Å². The van der Waals surface area contributed by atoms with Gasteiger partial charge in [-0.1, -0.05) is 29.8 Å². The van der Waals surface area contributed by atoms with Crippen molar-refractivity contribution in [1.82, 2.24) is 4.98 Å². The zero-order chi connectivity index (χ0) is 15.1. The first kappa shape index (κ1) is 15.1. The van der Waals surface area contributed by atoms with Crippen LogP contribution in [0.5, 0.6) is 0 Å². The molecule has 2 rings (SSSR count). The van der Waals surface area contributed by atoms with Crippen molar-refractivity contribution in [2.24, 2.45) is 0 Å². The molecule has 1 aromatic carbocycles. The number of nitrogens with zero attached hydrogens (tertiary/aromatic N) is 3. The van der Waals surface area contributed by atoms with Crippen LogP contribution in [0.1, 0.15) is 24.0 Å². The molecule has 0 N–H and O–H groups in total. The van der Waals surface area contributed by atoms with E-state index in [0.717, 1.165) is 28.5 Å². The lowest BCUT2D eigenvalue weighted by molar-refractivity contribution is 0.976. The fourth-order valence-corrected chi connectivity index (χ4v) is 2.75. The van der Waals surface area contributed by atoms with E-state index in [1.54, 1.807) is 0 Å². The van der Waals surface area contributed by atoms with Gasteiger partial charge in [0.1, 0.15) is 11.1 Å². The monoisotopic (exact) mass is 293 g/mol. The van der Waals surface area contributed by atoms with Crippen LogP contribution in [-0.4, -0.2) is 10.7 Å². The van der Waals surface area contributed by atoms with Crippen molar-refractivity contribution in [3.63, 3.8) is 0 Å². The van der Waals surface area contributed by atoms with Gasteiger partial charge in [-0.3, -0.25) is 0 Å². The summed E-state index contributed by atoms with van der Waals surface area (Å²) in [6.45, 7) is 2.05. The van der Waals surface area contributed by atoms with Gasteiger partial charge in [0.25, 0.3) is 0 Å². The third-order valence-electron chi connectivity index (χ3n) is 3.00. The molecule has 4 heteroatoms. The highest BCUT2D eigenvalue weighted by molar-refractivity contribution is 7.99. The number of pyridine rings is 1. The number of hydrogen-bond acceptors (Lipinski definition) is 4. The SMILES string of the molecule is Cc1ccc(-c2ccc(C#N)c(SCCCC#N)n2)cc1. The van der Waals surface area contributed by atoms with Crippen molar-refractivity contribution in [2.45, 2.75) is 24.8 Å². The van der Waals surface area contributed by atoms with E-state index < -0.39 is 0 Å². The van der Waals surface area contributed by atoms with E-state index in [1.807, 2.05) is 31.2 Å². The summed E-state index contributed by atoms with van der Waals surface area (Å²) >= 11 is 1.54. The number of aromatic nitrogens is 1. The largest absolute Gasteiger partial charge is 0.240 e. The highest BCUT2D eigenvalue weighted by atomic mass is 32.2. The van der Waals surface area contributed by atoms with Gasteiger partial charge in [-0.2, -0.15) is 10.5 Å². The van der Waals surface area contributed by atoms with Crippen molar-refractivity contribution in [3.05, 3.63) is 47.5 Å². The lowest BCUT2D eigenvalue weighted by Crippen LogP contribution is -1.92. The molecular weight excluding hydrogens is 278 g/mol. The van der Waals surface area contributed by atoms with Gasteiger partial charge in [0.05, 0.1) is 17.3 Å². The lowest BCUT2D eigenvalue weighted by atomic mass is 10.1. The molecule has 2 aromatic rings. The molecule has 0 aliphatic heterocycles. The normalized spacial score (nSPS) is 9.86. The Morgan fingerprint density at radius 1 is 1.10 bits per heavy atom. The standard InChI is InChI=1S/C17H15N3S/c1-13-4-6-14(7-5-13)16-9-8-15(12-19)17(20-16)21-11-3-2-10-18/h4-9H,2-3,11H2,1H3. The molecule has 0 saturated carbocycles. The Labute approximate surface area is 129 Å². The summed E-state index contributed by atoms with van der Waals surface area (Å²) in [6, 6.07) is 16.2. The molecule has 0 fully saturated rings. The number of thioether (sulfide) groups is 1. The predicted octanol–water partition coefficient (Wildman–Crippen LogP) is 4.32. The summed E-state index contributed by atoms with van der Waals surface area (Å²) in [5.41, 5.74) is 3.71. The van der Waals surface area contributed by atoms with E-state index in [0.29, 0.717) is 12.0 Å². The van der Waals surface area contributed by atoms with Crippen LogP contribution in [0.4, 0.5) is 0 Å². The third-order valence-corrected chi connectivity index (χ3v) is 4.08. The van der Waals surface area contributed by atoms with Crippen LogP contribution in [0, 0.1) is 29.6 Å². The molecule has 0 spiro atoms. The summed E-state index contributed by atoms with van der Waals surface area (Å²) < 4.78 is 0. The van der Waals surface area contributed by atoms with Crippen LogP contribution >= 0.6 is 11.8 Å². The molecule has 1 heterocycles. The first-order valence-corrected chi connectivity index (χ1v) is 7.71. The second-order valence-electron chi connectivity index (χ2n) is 4.64. The average molecular weight is 293 g/mol. The Balaban J connectivity index is 2.23.